The van der Waals surface area contributed by atoms with Crippen molar-refractivity contribution < 1.29 is 4.39 Å². The number of hydrogen-bond donors (Lipinski definition) is 0. The summed E-state index contributed by atoms with van der Waals surface area (Å²) < 4.78 is 12.5. The molecule has 0 amide bonds. The van der Waals surface area contributed by atoms with Crippen LogP contribution >= 0.6 is 0 Å². The van der Waals surface area contributed by atoms with Gasteiger partial charge in [-0.1, -0.05) is 0 Å². The first-order valence-electron chi connectivity index (χ1n) is 3.13. The van der Waals surface area contributed by atoms with E-state index in [1.54, 1.807) is 6.92 Å². The summed E-state index contributed by atoms with van der Waals surface area (Å²) in [6, 6.07) is 0. The van der Waals surface area contributed by atoms with Gasteiger partial charge in [0.05, 0.1) is 0 Å². The van der Waals surface area contributed by atoms with Crippen LogP contribution in [0.25, 0.3) is 0 Å². The van der Waals surface area contributed by atoms with Crippen molar-refractivity contribution in [3.63, 3.8) is 0 Å². The van der Waals surface area contributed by atoms with Crippen molar-refractivity contribution in [2.75, 3.05) is 0 Å². The van der Waals surface area contributed by atoms with Gasteiger partial charge in [0, 0.05) is 18.0 Å². The van der Waals surface area contributed by atoms with Crippen molar-refractivity contribution in [2.24, 2.45) is 0 Å². The maximum absolute atomic E-state index is 12.5. The number of aryl methyl sites for hydroxylation is 1. The Morgan fingerprint density at radius 2 is 1.90 bits per heavy atom. The summed E-state index contributed by atoms with van der Waals surface area (Å²) in [4.78, 5) is 7.70. The molecule has 54 valence electrons. The van der Waals surface area contributed by atoms with Crippen LogP contribution in [0.2, 0.25) is 0 Å². The highest BCUT2D eigenvalue weighted by Gasteiger charge is 2.01. The standard InChI is InChI=1S/C7H9FN2/c1-5(8)7-3-9-6(2)10-4-7/h3-5H,1-2H3. The average molecular weight is 140 g/mol. The lowest BCUT2D eigenvalue weighted by molar-refractivity contribution is 0.372. The molecule has 1 heterocycles. The van der Waals surface area contributed by atoms with Gasteiger partial charge < -0.3 is 0 Å². The van der Waals surface area contributed by atoms with Crippen molar-refractivity contribution >= 4 is 0 Å². The van der Waals surface area contributed by atoms with Gasteiger partial charge in [0.1, 0.15) is 12.0 Å². The van der Waals surface area contributed by atoms with Crippen molar-refractivity contribution in [3.05, 3.63) is 23.8 Å². The minimum Gasteiger partial charge on any atom is -0.242 e. The molecule has 10 heavy (non-hydrogen) atoms. The zero-order valence-corrected chi connectivity index (χ0v) is 6.00. The van der Waals surface area contributed by atoms with Crippen molar-refractivity contribution in [1.29, 1.82) is 0 Å². The molecule has 1 atom stereocenters. The first-order valence-corrected chi connectivity index (χ1v) is 3.13. The lowest BCUT2D eigenvalue weighted by Crippen LogP contribution is -1.91. The highest BCUT2D eigenvalue weighted by atomic mass is 19.1. The first-order chi connectivity index (χ1) is 4.70. The van der Waals surface area contributed by atoms with Gasteiger partial charge >= 0.3 is 0 Å². The van der Waals surface area contributed by atoms with E-state index in [2.05, 4.69) is 9.97 Å². The van der Waals surface area contributed by atoms with Gasteiger partial charge in [0.15, 0.2) is 0 Å². The van der Waals surface area contributed by atoms with Crippen LogP contribution in [0.5, 0.6) is 0 Å². The number of nitrogens with zero attached hydrogens (tertiary/aromatic N) is 2. The van der Waals surface area contributed by atoms with Crippen molar-refractivity contribution in [1.82, 2.24) is 9.97 Å². The number of halogens is 1. The second kappa shape index (κ2) is 2.73. The lowest BCUT2D eigenvalue weighted by atomic mass is 10.2. The summed E-state index contributed by atoms with van der Waals surface area (Å²) in [5, 5.41) is 0. The molecule has 0 spiro atoms. The largest absolute Gasteiger partial charge is 0.242 e. The molecule has 0 fully saturated rings. The third-order valence-electron chi connectivity index (χ3n) is 1.26. The highest BCUT2D eigenvalue weighted by Crippen LogP contribution is 2.12. The van der Waals surface area contributed by atoms with Crippen LogP contribution in [0.15, 0.2) is 12.4 Å². The Balaban J connectivity index is 2.89. The highest BCUT2D eigenvalue weighted by molar-refractivity contribution is 5.07. The quantitative estimate of drug-likeness (QED) is 0.594. The number of aromatic nitrogens is 2. The summed E-state index contributed by atoms with van der Waals surface area (Å²) >= 11 is 0. The average Bonchev–Trinajstić information content (AvgIpc) is 1.88. The monoisotopic (exact) mass is 140 g/mol. The van der Waals surface area contributed by atoms with Crippen LogP contribution in [-0.4, -0.2) is 9.97 Å². The molecule has 1 aromatic rings. The fraction of sp³-hybridized carbons (Fsp3) is 0.429. The smallest absolute Gasteiger partial charge is 0.125 e. The second-order valence-electron chi connectivity index (χ2n) is 2.18. The molecular weight excluding hydrogens is 131 g/mol. The van der Waals surface area contributed by atoms with Gasteiger partial charge in [-0.25, -0.2) is 14.4 Å². The van der Waals surface area contributed by atoms with Gasteiger partial charge in [-0.05, 0) is 13.8 Å². The van der Waals surface area contributed by atoms with E-state index in [1.165, 1.54) is 19.3 Å². The molecular formula is C7H9FN2. The van der Waals surface area contributed by atoms with Gasteiger partial charge in [-0.15, -0.1) is 0 Å². The van der Waals surface area contributed by atoms with Crippen LogP contribution in [0.3, 0.4) is 0 Å². The van der Waals surface area contributed by atoms with Crippen LogP contribution in [0.4, 0.5) is 4.39 Å². The summed E-state index contributed by atoms with van der Waals surface area (Å²) in [6.45, 7) is 3.24. The Morgan fingerprint density at radius 3 is 2.30 bits per heavy atom. The molecule has 0 aliphatic carbocycles. The minimum absolute atomic E-state index is 0.533. The van der Waals surface area contributed by atoms with E-state index >= 15 is 0 Å². The fourth-order valence-electron chi connectivity index (χ4n) is 0.608. The lowest BCUT2D eigenvalue weighted by Gasteiger charge is -1.98. The molecule has 1 unspecified atom stereocenters. The summed E-state index contributed by atoms with van der Waals surface area (Å²) in [7, 11) is 0. The Bertz CT molecular complexity index is 205. The van der Waals surface area contributed by atoms with Gasteiger partial charge in [0.2, 0.25) is 0 Å². The molecule has 0 saturated carbocycles. The van der Waals surface area contributed by atoms with E-state index < -0.39 is 6.17 Å². The van der Waals surface area contributed by atoms with Crippen molar-refractivity contribution in [2.45, 2.75) is 20.0 Å². The van der Waals surface area contributed by atoms with E-state index in [0.29, 0.717) is 11.4 Å². The molecule has 0 saturated heterocycles. The summed E-state index contributed by atoms with van der Waals surface area (Å²) in [5.41, 5.74) is 0.533. The molecule has 0 aliphatic heterocycles. The Kier molecular flexibility index (Phi) is 1.94. The van der Waals surface area contributed by atoms with E-state index in [1.807, 2.05) is 0 Å². The number of rotatable bonds is 1. The molecule has 1 rings (SSSR count). The Labute approximate surface area is 59.1 Å². The molecule has 0 bridgehead atoms. The summed E-state index contributed by atoms with van der Waals surface area (Å²) in [5.74, 6) is 0.671. The van der Waals surface area contributed by atoms with E-state index in [4.69, 9.17) is 0 Å². The third-order valence-corrected chi connectivity index (χ3v) is 1.26. The SMILES string of the molecule is Cc1ncc(C(C)F)cn1. The zero-order valence-electron chi connectivity index (χ0n) is 6.00. The number of hydrogen-bond acceptors (Lipinski definition) is 2. The molecule has 0 aromatic carbocycles. The van der Waals surface area contributed by atoms with Crippen LogP contribution in [-0.2, 0) is 0 Å². The third kappa shape index (κ3) is 1.50. The maximum atomic E-state index is 12.5. The fourth-order valence-corrected chi connectivity index (χ4v) is 0.608. The van der Waals surface area contributed by atoms with Crippen LogP contribution in [0, 0.1) is 6.92 Å². The van der Waals surface area contributed by atoms with Gasteiger partial charge in [0.25, 0.3) is 0 Å². The van der Waals surface area contributed by atoms with Gasteiger partial charge in [-0.3, -0.25) is 0 Å². The predicted octanol–water partition coefficient (Wildman–Crippen LogP) is 1.82. The second-order valence-corrected chi connectivity index (χ2v) is 2.18. The Morgan fingerprint density at radius 1 is 1.40 bits per heavy atom. The van der Waals surface area contributed by atoms with Crippen molar-refractivity contribution in [3.8, 4) is 0 Å². The summed E-state index contributed by atoms with van der Waals surface area (Å²) in [6.07, 6.45) is 2.04. The van der Waals surface area contributed by atoms with Crippen LogP contribution in [0.1, 0.15) is 24.5 Å². The van der Waals surface area contributed by atoms with Crippen LogP contribution < -0.4 is 0 Å². The van der Waals surface area contributed by atoms with E-state index in [9.17, 15) is 4.39 Å². The zero-order chi connectivity index (χ0) is 7.56. The molecule has 0 N–H and O–H groups in total. The first kappa shape index (κ1) is 7.12. The molecule has 0 aliphatic rings. The maximum Gasteiger partial charge on any atom is 0.125 e. The van der Waals surface area contributed by atoms with E-state index in [-0.39, 0.29) is 0 Å². The topological polar surface area (TPSA) is 25.8 Å². The normalized spacial score (nSPS) is 13.1. The molecule has 0 radical (unpaired) electrons. The molecule has 3 heteroatoms. The molecule has 2 nitrogen and oxygen atoms in total. The number of alkyl halides is 1. The van der Waals surface area contributed by atoms with E-state index in [0.717, 1.165) is 0 Å². The van der Waals surface area contributed by atoms with Gasteiger partial charge in [-0.2, -0.15) is 0 Å². The Hall–Kier alpha value is -0.990. The molecule has 1 aromatic heterocycles. The predicted molar refractivity (Wildman–Crippen MR) is 36.3 cm³/mol. The minimum atomic E-state index is -0.972.